The van der Waals surface area contributed by atoms with Crippen LogP contribution in [0.4, 0.5) is 0 Å². The zero-order valence-electron chi connectivity index (χ0n) is 18.3. The Bertz CT molecular complexity index is 1370. The predicted octanol–water partition coefficient (Wildman–Crippen LogP) is 4.00. The highest BCUT2D eigenvalue weighted by molar-refractivity contribution is 6.17. The molecule has 1 saturated heterocycles. The normalized spacial score (nSPS) is 14.5. The first-order valence-corrected chi connectivity index (χ1v) is 11.0. The SMILES string of the molecule is COc1cccc(-c2cc(C(N)=O)c3[nH]c4cc(C(=O)NC5CCOCC5)ccc4c3c2)c1. The summed E-state index contributed by atoms with van der Waals surface area (Å²) in [6.45, 7) is 1.33. The number of nitrogens with two attached hydrogens (primary N) is 1. The predicted molar refractivity (Wildman–Crippen MR) is 128 cm³/mol. The van der Waals surface area contributed by atoms with Crippen LogP contribution < -0.4 is 15.8 Å². The Morgan fingerprint density at radius 2 is 1.85 bits per heavy atom. The van der Waals surface area contributed by atoms with Crippen molar-refractivity contribution in [3.05, 3.63) is 65.7 Å². The Labute approximate surface area is 190 Å². The molecule has 0 aliphatic carbocycles. The zero-order valence-corrected chi connectivity index (χ0v) is 18.3. The van der Waals surface area contributed by atoms with Gasteiger partial charge in [0.2, 0.25) is 0 Å². The number of hydrogen-bond donors (Lipinski definition) is 3. The molecule has 1 aliphatic heterocycles. The quantitative estimate of drug-likeness (QED) is 0.433. The van der Waals surface area contributed by atoms with Crippen LogP contribution in [-0.4, -0.2) is 43.2 Å². The van der Waals surface area contributed by atoms with Gasteiger partial charge in [0, 0.05) is 41.1 Å². The van der Waals surface area contributed by atoms with Crippen LogP contribution in [0.5, 0.6) is 5.75 Å². The van der Waals surface area contributed by atoms with E-state index < -0.39 is 5.91 Å². The van der Waals surface area contributed by atoms with E-state index in [1.54, 1.807) is 13.2 Å². The van der Waals surface area contributed by atoms with E-state index in [2.05, 4.69) is 10.3 Å². The molecule has 0 atom stereocenters. The molecule has 0 unspecified atom stereocenters. The molecule has 7 nitrogen and oxygen atoms in total. The molecule has 1 aromatic heterocycles. The minimum atomic E-state index is -0.520. The van der Waals surface area contributed by atoms with Crippen molar-refractivity contribution >= 4 is 33.6 Å². The number of hydrogen-bond acceptors (Lipinski definition) is 4. The number of benzene rings is 3. The van der Waals surface area contributed by atoms with Crippen LogP contribution in [0.25, 0.3) is 32.9 Å². The fourth-order valence-electron chi connectivity index (χ4n) is 4.42. The number of H-pyrrole nitrogens is 1. The maximum atomic E-state index is 12.8. The van der Waals surface area contributed by atoms with E-state index in [-0.39, 0.29) is 11.9 Å². The van der Waals surface area contributed by atoms with Crippen molar-refractivity contribution in [1.82, 2.24) is 10.3 Å². The molecule has 0 spiro atoms. The Morgan fingerprint density at radius 1 is 1.03 bits per heavy atom. The first-order valence-electron chi connectivity index (χ1n) is 11.0. The summed E-state index contributed by atoms with van der Waals surface area (Å²) in [7, 11) is 1.62. The van der Waals surface area contributed by atoms with Gasteiger partial charge in [0.05, 0.1) is 18.2 Å². The van der Waals surface area contributed by atoms with E-state index in [9.17, 15) is 9.59 Å². The highest BCUT2D eigenvalue weighted by Crippen LogP contribution is 2.34. The largest absolute Gasteiger partial charge is 0.497 e. The molecular weight excluding hydrogens is 418 g/mol. The van der Waals surface area contributed by atoms with Gasteiger partial charge in [-0.05, 0) is 60.4 Å². The van der Waals surface area contributed by atoms with Gasteiger partial charge in [-0.25, -0.2) is 0 Å². The molecule has 0 radical (unpaired) electrons. The van der Waals surface area contributed by atoms with Crippen LogP contribution in [0.2, 0.25) is 0 Å². The first-order chi connectivity index (χ1) is 16.0. The molecule has 168 valence electrons. The third-order valence-corrected chi connectivity index (χ3v) is 6.20. The topological polar surface area (TPSA) is 106 Å². The van der Waals surface area contributed by atoms with Gasteiger partial charge in [-0.15, -0.1) is 0 Å². The average Bonchev–Trinajstić information content (AvgIpc) is 3.21. The smallest absolute Gasteiger partial charge is 0.251 e. The number of rotatable bonds is 5. The monoisotopic (exact) mass is 443 g/mol. The number of aromatic nitrogens is 1. The van der Waals surface area contributed by atoms with E-state index >= 15 is 0 Å². The van der Waals surface area contributed by atoms with Crippen LogP contribution in [0, 0.1) is 0 Å². The zero-order chi connectivity index (χ0) is 22.9. The lowest BCUT2D eigenvalue weighted by Gasteiger charge is -2.23. The summed E-state index contributed by atoms with van der Waals surface area (Å²) in [4.78, 5) is 28.4. The fourth-order valence-corrected chi connectivity index (χ4v) is 4.42. The molecule has 2 heterocycles. The molecule has 1 aliphatic rings. The minimum absolute atomic E-state index is 0.116. The third-order valence-electron chi connectivity index (χ3n) is 6.20. The summed E-state index contributed by atoms with van der Waals surface area (Å²) >= 11 is 0. The van der Waals surface area contributed by atoms with Crippen molar-refractivity contribution in [3.8, 4) is 16.9 Å². The van der Waals surface area contributed by atoms with Crippen molar-refractivity contribution in [1.29, 1.82) is 0 Å². The van der Waals surface area contributed by atoms with E-state index in [1.807, 2.05) is 48.5 Å². The van der Waals surface area contributed by atoms with Gasteiger partial charge in [0.1, 0.15) is 5.75 Å². The molecule has 7 heteroatoms. The standard InChI is InChI=1S/C26H25N3O4/c1-32-19-4-2-3-15(11-19)17-12-21-20-6-5-16(26(31)28-18-7-9-33-10-8-18)14-23(20)29-24(21)22(13-17)25(27)30/h2-6,11-14,18,29H,7-10H2,1H3,(H2,27,30)(H,28,31). The van der Waals surface area contributed by atoms with E-state index in [1.165, 1.54) is 0 Å². The van der Waals surface area contributed by atoms with E-state index in [0.717, 1.165) is 46.0 Å². The summed E-state index contributed by atoms with van der Waals surface area (Å²) in [5, 5.41) is 4.87. The molecule has 33 heavy (non-hydrogen) atoms. The number of methoxy groups -OCH3 is 1. The second-order valence-corrected chi connectivity index (χ2v) is 8.29. The van der Waals surface area contributed by atoms with Gasteiger partial charge in [-0.3, -0.25) is 9.59 Å². The highest BCUT2D eigenvalue weighted by Gasteiger charge is 2.19. The van der Waals surface area contributed by atoms with Crippen LogP contribution >= 0.6 is 0 Å². The Balaban J connectivity index is 1.58. The molecule has 4 aromatic rings. The second kappa shape index (κ2) is 8.60. The number of ether oxygens (including phenoxy) is 2. The van der Waals surface area contributed by atoms with Crippen molar-refractivity contribution in [2.24, 2.45) is 5.73 Å². The second-order valence-electron chi connectivity index (χ2n) is 8.29. The van der Waals surface area contributed by atoms with Crippen molar-refractivity contribution in [3.63, 3.8) is 0 Å². The van der Waals surface area contributed by atoms with Crippen LogP contribution in [0.1, 0.15) is 33.6 Å². The number of primary amides is 1. The van der Waals surface area contributed by atoms with E-state index in [4.69, 9.17) is 15.2 Å². The number of amides is 2. The van der Waals surface area contributed by atoms with Gasteiger partial charge >= 0.3 is 0 Å². The van der Waals surface area contributed by atoms with Crippen molar-refractivity contribution < 1.29 is 19.1 Å². The number of fused-ring (bicyclic) bond motifs is 3. The molecule has 0 saturated carbocycles. The summed E-state index contributed by atoms with van der Waals surface area (Å²) in [6.07, 6.45) is 1.63. The molecule has 2 amide bonds. The number of aromatic amines is 1. The Morgan fingerprint density at radius 3 is 2.61 bits per heavy atom. The van der Waals surface area contributed by atoms with Crippen molar-refractivity contribution in [2.75, 3.05) is 20.3 Å². The molecule has 4 N–H and O–H groups in total. The number of nitrogens with one attached hydrogen (secondary N) is 2. The average molecular weight is 444 g/mol. The van der Waals surface area contributed by atoms with Crippen molar-refractivity contribution in [2.45, 2.75) is 18.9 Å². The molecular formula is C26H25N3O4. The lowest BCUT2D eigenvalue weighted by atomic mass is 9.98. The third kappa shape index (κ3) is 4.03. The maximum absolute atomic E-state index is 12.8. The summed E-state index contributed by atoms with van der Waals surface area (Å²) in [5.74, 6) is 0.0933. The number of carbonyl (C=O) groups excluding carboxylic acids is 2. The van der Waals surface area contributed by atoms with Crippen LogP contribution in [-0.2, 0) is 4.74 Å². The Hall–Kier alpha value is -3.84. The van der Waals surface area contributed by atoms with Crippen LogP contribution in [0.3, 0.4) is 0 Å². The Kier molecular flexibility index (Phi) is 5.48. The molecule has 3 aromatic carbocycles. The van der Waals surface area contributed by atoms with Gasteiger partial charge in [0.15, 0.2) is 0 Å². The van der Waals surface area contributed by atoms with Gasteiger partial charge < -0.3 is 25.5 Å². The van der Waals surface area contributed by atoms with Gasteiger partial charge in [0.25, 0.3) is 11.8 Å². The molecule has 5 rings (SSSR count). The maximum Gasteiger partial charge on any atom is 0.251 e. The van der Waals surface area contributed by atoms with Gasteiger partial charge in [-0.1, -0.05) is 18.2 Å². The summed E-state index contributed by atoms with van der Waals surface area (Å²) < 4.78 is 10.7. The van der Waals surface area contributed by atoms with Crippen LogP contribution in [0.15, 0.2) is 54.6 Å². The lowest BCUT2D eigenvalue weighted by Crippen LogP contribution is -2.38. The summed E-state index contributed by atoms with van der Waals surface area (Å²) in [6, 6.07) is 17.1. The number of carbonyl (C=O) groups is 2. The summed E-state index contributed by atoms with van der Waals surface area (Å²) in [5.41, 5.74) is 9.90. The molecule has 1 fully saturated rings. The first kappa shape index (κ1) is 21.0. The fraction of sp³-hybridized carbons (Fsp3) is 0.231. The molecule has 0 bridgehead atoms. The van der Waals surface area contributed by atoms with Gasteiger partial charge in [-0.2, -0.15) is 0 Å². The highest BCUT2D eigenvalue weighted by atomic mass is 16.5. The van der Waals surface area contributed by atoms with E-state index in [0.29, 0.717) is 29.9 Å². The minimum Gasteiger partial charge on any atom is -0.497 e. The lowest BCUT2D eigenvalue weighted by molar-refractivity contribution is 0.0696.